The molecule has 1 heterocycles. The molecule has 88 valence electrons. The third-order valence-corrected chi connectivity index (χ3v) is 4.32. The van der Waals surface area contributed by atoms with Crippen LogP contribution in [0.2, 0.25) is 0 Å². The lowest BCUT2D eigenvalue weighted by Crippen LogP contribution is -2.09. The lowest BCUT2D eigenvalue weighted by atomic mass is 9.79. The summed E-state index contributed by atoms with van der Waals surface area (Å²) in [7, 11) is 0. The zero-order chi connectivity index (χ0) is 11.7. The molecule has 1 aromatic carbocycles. The van der Waals surface area contributed by atoms with E-state index in [4.69, 9.17) is 0 Å². The largest absolute Gasteiger partial charge is 0.381 e. The molecule has 1 atom stereocenters. The molecule has 3 heteroatoms. The molecule has 1 N–H and O–H groups in total. The predicted octanol–water partition coefficient (Wildman–Crippen LogP) is 3.49. The van der Waals surface area contributed by atoms with Gasteiger partial charge in [0.05, 0.1) is 0 Å². The Morgan fingerprint density at radius 3 is 2.88 bits per heavy atom. The van der Waals surface area contributed by atoms with Gasteiger partial charge in [0.15, 0.2) is 0 Å². The Morgan fingerprint density at radius 2 is 2.24 bits per heavy atom. The summed E-state index contributed by atoms with van der Waals surface area (Å²) in [5.74, 6) is 0.707. The van der Waals surface area contributed by atoms with E-state index in [9.17, 15) is 5.11 Å². The number of rotatable bonds is 3. The smallest absolute Gasteiger partial charge is 0.131 e. The second-order valence-electron chi connectivity index (χ2n) is 4.57. The molecule has 0 aliphatic heterocycles. The van der Waals surface area contributed by atoms with Crippen LogP contribution < -0.4 is 0 Å². The van der Waals surface area contributed by atoms with Gasteiger partial charge in [0.1, 0.15) is 11.1 Å². The summed E-state index contributed by atoms with van der Waals surface area (Å²) in [6, 6.07) is 8.33. The van der Waals surface area contributed by atoms with Crippen molar-refractivity contribution in [1.29, 1.82) is 0 Å². The second-order valence-corrected chi connectivity index (χ2v) is 5.50. The van der Waals surface area contributed by atoms with E-state index >= 15 is 0 Å². The number of thiazole rings is 1. The lowest BCUT2D eigenvalue weighted by molar-refractivity contribution is 0.219. The molecule has 0 bridgehead atoms. The fourth-order valence-electron chi connectivity index (χ4n) is 2.24. The number of aliphatic hydroxyl groups excluding tert-OH is 1. The molecule has 17 heavy (non-hydrogen) atoms. The second kappa shape index (κ2) is 4.59. The van der Waals surface area contributed by atoms with Crippen LogP contribution in [-0.2, 0) is 0 Å². The topological polar surface area (TPSA) is 33.1 Å². The first kappa shape index (κ1) is 10.9. The van der Waals surface area contributed by atoms with E-state index in [1.165, 1.54) is 36.2 Å². The average Bonchev–Trinajstić information content (AvgIpc) is 2.79. The van der Waals surface area contributed by atoms with Crippen molar-refractivity contribution in [3.63, 3.8) is 0 Å². The van der Waals surface area contributed by atoms with Gasteiger partial charge in [0, 0.05) is 11.6 Å². The van der Waals surface area contributed by atoms with Crippen LogP contribution in [0.4, 0.5) is 0 Å². The number of hydrogen-bond donors (Lipinski definition) is 1. The maximum Gasteiger partial charge on any atom is 0.131 e. The summed E-state index contributed by atoms with van der Waals surface area (Å²) in [5, 5.41) is 12.9. The number of aliphatic hydroxyl groups is 1. The first-order valence-electron chi connectivity index (χ1n) is 6.02. The highest BCUT2D eigenvalue weighted by molar-refractivity contribution is 7.09. The van der Waals surface area contributed by atoms with Crippen molar-refractivity contribution in [3.8, 4) is 0 Å². The van der Waals surface area contributed by atoms with Crippen LogP contribution in [0.3, 0.4) is 0 Å². The Morgan fingerprint density at radius 1 is 1.35 bits per heavy atom. The monoisotopic (exact) mass is 245 g/mol. The van der Waals surface area contributed by atoms with Crippen LogP contribution >= 0.6 is 11.3 Å². The molecule has 1 unspecified atom stereocenters. The van der Waals surface area contributed by atoms with E-state index in [1.807, 2.05) is 17.5 Å². The molecule has 1 saturated carbocycles. The van der Waals surface area contributed by atoms with E-state index in [2.05, 4.69) is 17.1 Å². The van der Waals surface area contributed by atoms with Crippen LogP contribution in [-0.4, -0.2) is 10.1 Å². The third-order valence-electron chi connectivity index (χ3n) is 3.49. The molecular formula is C14H15NOS. The minimum Gasteiger partial charge on any atom is -0.381 e. The summed E-state index contributed by atoms with van der Waals surface area (Å²) in [5.41, 5.74) is 2.33. The van der Waals surface area contributed by atoms with Gasteiger partial charge < -0.3 is 5.11 Å². The summed E-state index contributed by atoms with van der Waals surface area (Å²) in [6.07, 6.45) is 5.08. The molecule has 1 aliphatic carbocycles. The fraction of sp³-hybridized carbons (Fsp3) is 0.357. The average molecular weight is 245 g/mol. The van der Waals surface area contributed by atoms with Crippen LogP contribution in [0, 0.1) is 0 Å². The molecule has 2 aromatic rings. The molecule has 0 radical (unpaired) electrons. The van der Waals surface area contributed by atoms with Gasteiger partial charge in [0.25, 0.3) is 0 Å². The number of hydrogen-bond acceptors (Lipinski definition) is 3. The molecule has 1 aliphatic rings. The molecule has 0 saturated heterocycles. The summed E-state index contributed by atoms with van der Waals surface area (Å²) in [6.45, 7) is 0. The van der Waals surface area contributed by atoms with Gasteiger partial charge in [0.2, 0.25) is 0 Å². The van der Waals surface area contributed by atoms with Crippen molar-refractivity contribution in [2.24, 2.45) is 0 Å². The Balaban J connectivity index is 1.87. The van der Waals surface area contributed by atoms with Gasteiger partial charge in [-0.05, 0) is 29.9 Å². The van der Waals surface area contributed by atoms with E-state index in [0.29, 0.717) is 5.92 Å². The van der Waals surface area contributed by atoms with E-state index < -0.39 is 6.10 Å². The molecule has 1 fully saturated rings. The SMILES string of the molecule is OC(c1cccc(C2CCC2)c1)c1nccs1. The van der Waals surface area contributed by atoms with Gasteiger partial charge in [-0.2, -0.15) is 0 Å². The quantitative estimate of drug-likeness (QED) is 0.898. The van der Waals surface area contributed by atoms with Gasteiger partial charge in [-0.25, -0.2) is 4.98 Å². The highest BCUT2D eigenvalue weighted by atomic mass is 32.1. The van der Waals surface area contributed by atoms with Crippen LogP contribution in [0.1, 0.15) is 47.4 Å². The number of aromatic nitrogens is 1. The van der Waals surface area contributed by atoms with Crippen molar-refractivity contribution in [3.05, 3.63) is 52.0 Å². The van der Waals surface area contributed by atoms with Crippen LogP contribution in [0.5, 0.6) is 0 Å². The van der Waals surface area contributed by atoms with Crippen molar-refractivity contribution in [2.45, 2.75) is 31.3 Å². The standard InChI is InChI=1S/C14H15NOS/c16-13(14-15-7-8-17-14)12-6-2-5-11(9-12)10-3-1-4-10/h2,5-10,13,16H,1,3-4H2. The van der Waals surface area contributed by atoms with E-state index in [-0.39, 0.29) is 0 Å². The maximum absolute atomic E-state index is 10.2. The Bertz CT molecular complexity index is 491. The van der Waals surface area contributed by atoms with Crippen LogP contribution in [0.15, 0.2) is 35.8 Å². The Hall–Kier alpha value is -1.19. The fourth-order valence-corrected chi connectivity index (χ4v) is 2.88. The van der Waals surface area contributed by atoms with Crippen molar-refractivity contribution >= 4 is 11.3 Å². The molecule has 0 amide bonds. The highest BCUT2D eigenvalue weighted by Gasteiger charge is 2.21. The molecule has 1 aromatic heterocycles. The summed E-state index contributed by atoms with van der Waals surface area (Å²) >= 11 is 1.50. The Labute approximate surface area is 105 Å². The first-order chi connectivity index (χ1) is 8.34. The van der Waals surface area contributed by atoms with Crippen LogP contribution in [0.25, 0.3) is 0 Å². The lowest BCUT2D eigenvalue weighted by Gasteiger charge is -2.26. The van der Waals surface area contributed by atoms with Gasteiger partial charge in [-0.3, -0.25) is 0 Å². The van der Waals surface area contributed by atoms with Crippen molar-refractivity contribution < 1.29 is 5.11 Å². The molecule has 0 spiro atoms. The van der Waals surface area contributed by atoms with E-state index in [0.717, 1.165) is 10.6 Å². The van der Waals surface area contributed by atoms with Gasteiger partial charge >= 0.3 is 0 Å². The van der Waals surface area contributed by atoms with Crippen molar-refractivity contribution in [1.82, 2.24) is 4.98 Å². The maximum atomic E-state index is 10.2. The molecule has 3 rings (SSSR count). The zero-order valence-electron chi connectivity index (χ0n) is 9.54. The highest BCUT2D eigenvalue weighted by Crippen LogP contribution is 2.37. The first-order valence-corrected chi connectivity index (χ1v) is 6.90. The zero-order valence-corrected chi connectivity index (χ0v) is 10.4. The molecule has 2 nitrogen and oxygen atoms in total. The van der Waals surface area contributed by atoms with Gasteiger partial charge in [-0.15, -0.1) is 11.3 Å². The van der Waals surface area contributed by atoms with Gasteiger partial charge in [-0.1, -0.05) is 30.7 Å². The third kappa shape index (κ3) is 2.13. The van der Waals surface area contributed by atoms with Crippen molar-refractivity contribution in [2.75, 3.05) is 0 Å². The van der Waals surface area contributed by atoms with E-state index in [1.54, 1.807) is 6.20 Å². The molecular weight excluding hydrogens is 230 g/mol. The minimum absolute atomic E-state index is 0.574. The Kier molecular flexibility index (Phi) is 2.95. The summed E-state index contributed by atoms with van der Waals surface area (Å²) < 4.78 is 0. The predicted molar refractivity (Wildman–Crippen MR) is 69.2 cm³/mol. The number of benzene rings is 1. The minimum atomic E-state index is -0.574. The summed E-state index contributed by atoms with van der Waals surface area (Å²) in [4.78, 5) is 4.17. The normalized spacial score (nSPS) is 17.7. The number of nitrogens with zero attached hydrogens (tertiary/aromatic N) is 1.